The van der Waals surface area contributed by atoms with Gasteiger partial charge in [0.05, 0.1) is 6.61 Å². The maximum absolute atomic E-state index is 5.68. The van der Waals surface area contributed by atoms with Gasteiger partial charge in [-0.05, 0) is 66.1 Å². The highest BCUT2D eigenvalue weighted by molar-refractivity contribution is 14.1. The van der Waals surface area contributed by atoms with Gasteiger partial charge in [-0.15, -0.1) is 11.6 Å². The zero-order chi connectivity index (χ0) is 10.4. The van der Waals surface area contributed by atoms with E-state index in [1.165, 1.54) is 9.13 Å². The van der Waals surface area contributed by atoms with Crippen molar-refractivity contribution in [3.8, 4) is 5.75 Å². The third-order valence-electron chi connectivity index (χ3n) is 1.90. The molecule has 0 aliphatic carbocycles. The fourth-order valence-corrected chi connectivity index (χ4v) is 1.99. The van der Waals surface area contributed by atoms with Crippen molar-refractivity contribution in [1.29, 1.82) is 0 Å². The minimum atomic E-state index is 0.705. The van der Waals surface area contributed by atoms with Crippen molar-refractivity contribution in [1.82, 2.24) is 0 Å². The molecule has 0 aliphatic heterocycles. The third kappa shape index (κ3) is 3.65. The van der Waals surface area contributed by atoms with E-state index in [1.54, 1.807) is 0 Å². The van der Waals surface area contributed by atoms with Crippen LogP contribution in [0.4, 0.5) is 0 Å². The van der Waals surface area contributed by atoms with Gasteiger partial charge < -0.3 is 4.74 Å². The van der Waals surface area contributed by atoms with Crippen LogP contribution in [0, 0.1) is 3.57 Å². The van der Waals surface area contributed by atoms with Crippen LogP contribution >= 0.6 is 34.2 Å². The van der Waals surface area contributed by atoms with E-state index in [0.717, 1.165) is 18.6 Å². The molecule has 0 amide bonds. The van der Waals surface area contributed by atoms with E-state index >= 15 is 0 Å². The van der Waals surface area contributed by atoms with Gasteiger partial charge in [0.2, 0.25) is 0 Å². The summed E-state index contributed by atoms with van der Waals surface area (Å²) < 4.78 is 6.79. The molecular weight excluding hydrogens is 310 g/mol. The van der Waals surface area contributed by atoms with Crippen LogP contribution in [0.3, 0.4) is 0 Å². The summed E-state index contributed by atoms with van der Waals surface area (Å²) >= 11 is 7.99. The predicted octanol–water partition coefficient (Wildman–Crippen LogP) is 3.86. The Morgan fingerprint density at radius 1 is 1.43 bits per heavy atom. The van der Waals surface area contributed by atoms with Crippen molar-refractivity contribution >= 4 is 34.2 Å². The molecule has 1 aromatic rings. The van der Waals surface area contributed by atoms with Gasteiger partial charge in [-0.1, -0.05) is 0 Å². The maximum Gasteiger partial charge on any atom is 0.122 e. The summed E-state index contributed by atoms with van der Waals surface area (Å²) in [4.78, 5) is 0. The van der Waals surface area contributed by atoms with Gasteiger partial charge >= 0.3 is 0 Å². The van der Waals surface area contributed by atoms with Gasteiger partial charge in [0, 0.05) is 9.45 Å². The van der Waals surface area contributed by atoms with Crippen molar-refractivity contribution in [2.24, 2.45) is 0 Å². The van der Waals surface area contributed by atoms with Crippen LogP contribution in [0.5, 0.6) is 5.75 Å². The average Bonchev–Trinajstić information content (AvgIpc) is 2.18. The summed E-state index contributed by atoms with van der Waals surface area (Å²) in [6, 6.07) is 6.27. The maximum atomic E-state index is 5.68. The number of ether oxygens (including phenoxy) is 1. The first-order chi connectivity index (χ1) is 6.77. The first-order valence-electron chi connectivity index (χ1n) is 4.75. The Labute approximate surface area is 104 Å². The lowest BCUT2D eigenvalue weighted by molar-refractivity contribution is 0.336. The number of hydrogen-bond acceptors (Lipinski definition) is 1. The van der Waals surface area contributed by atoms with E-state index in [4.69, 9.17) is 16.3 Å². The molecular formula is C11H14ClIO. The summed E-state index contributed by atoms with van der Waals surface area (Å²) in [7, 11) is 0. The highest BCUT2D eigenvalue weighted by Gasteiger charge is 2.03. The molecule has 0 bridgehead atoms. The Morgan fingerprint density at radius 3 is 2.86 bits per heavy atom. The number of rotatable bonds is 5. The Hall–Kier alpha value is 0.0400. The molecule has 1 aromatic carbocycles. The summed E-state index contributed by atoms with van der Waals surface area (Å²) in [5.74, 6) is 1.70. The fourth-order valence-electron chi connectivity index (χ4n) is 1.30. The molecule has 1 nitrogen and oxygen atoms in total. The molecule has 0 aliphatic rings. The highest BCUT2D eigenvalue weighted by atomic mass is 127. The first-order valence-corrected chi connectivity index (χ1v) is 6.36. The van der Waals surface area contributed by atoms with Crippen LogP contribution in [0.15, 0.2) is 18.2 Å². The van der Waals surface area contributed by atoms with Crippen molar-refractivity contribution in [2.45, 2.75) is 19.8 Å². The molecule has 14 heavy (non-hydrogen) atoms. The minimum absolute atomic E-state index is 0.705. The number of alkyl halides is 1. The van der Waals surface area contributed by atoms with Gasteiger partial charge in [-0.3, -0.25) is 0 Å². The molecule has 3 heteroatoms. The standard InChI is InChI=1S/C11H14ClIO/c1-2-14-11-6-5-10(13)8-9(11)4-3-7-12/h5-6,8H,2-4,7H2,1H3. The smallest absolute Gasteiger partial charge is 0.122 e. The Bertz CT molecular complexity index is 289. The molecule has 0 unspecified atom stereocenters. The topological polar surface area (TPSA) is 9.23 Å². The molecule has 0 fully saturated rings. The van der Waals surface area contributed by atoms with Gasteiger partial charge in [-0.25, -0.2) is 0 Å². The van der Waals surface area contributed by atoms with Crippen LogP contribution in [0.1, 0.15) is 18.9 Å². The third-order valence-corrected chi connectivity index (χ3v) is 2.84. The lowest BCUT2D eigenvalue weighted by Gasteiger charge is -2.09. The van der Waals surface area contributed by atoms with Crippen molar-refractivity contribution in [3.63, 3.8) is 0 Å². The Balaban J connectivity index is 2.79. The van der Waals surface area contributed by atoms with Crippen LogP contribution in [-0.2, 0) is 6.42 Å². The summed E-state index contributed by atoms with van der Waals surface area (Å²) in [5.41, 5.74) is 1.26. The van der Waals surface area contributed by atoms with Gasteiger partial charge in [0.25, 0.3) is 0 Å². The van der Waals surface area contributed by atoms with Gasteiger partial charge in [0.1, 0.15) is 5.75 Å². The molecule has 0 N–H and O–H groups in total. The quantitative estimate of drug-likeness (QED) is 0.590. The Kier molecular flexibility index (Phi) is 5.63. The van der Waals surface area contributed by atoms with Crippen LogP contribution in [0.25, 0.3) is 0 Å². The van der Waals surface area contributed by atoms with Crippen LogP contribution in [-0.4, -0.2) is 12.5 Å². The van der Waals surface area contributed by atoms with E-state index in [0.29, 0.717) is 12.5 Å². The first kappa shape index (κ1) is 12.1. The molecule has 0 aromatic heterocycles. The van der Waals surface area contributed by atoms with Gasteiger partial charge in [0.15, 0.2) is 0 Å². The molecule has 78 valence electrons. The molecule has 0 heterocycles. The molecule has 1 rings (SSSR count). The fraction of sp³-hybridized carbons (Fsp3) is 0.455. The predicted molar refractivity (Wildman–Crippen MR) is 69.4 cm³/mol. The number of halogens is 2. The zero-order valence-corrected chi connectivity index (χ0v) is 11.1. The molecule has 0 saturated heterocycles. The van der Waals surface area contributed by atoms with Crippen molar-refractivity contribution < 1.29 is 4.74 Å². The number of aryl methyl sites for hydroxylation is 1. The molecule has 0 spiro atoms. The monoisotopic (exact) mass is 324 g/mol. The van der Waals surface area contributed by atoms with Crippen molar-refractivity contribution in [2.75, 3.05) is 12.5 Å². The SMILES string of the molecule is CCOc1ccc(I)cc1CCCCl. The van der Waals surface area contributed by atoms with Crippen LogP contribution in [0.2, 0.25) is 0 Å². The van der Waals surface area contributed by atoms with Crippen molar-refractivity contribution in [3.05, 3.63) is 27.3 Å². The second kappa shape index (κ2) is 6.51. The van der Waals surface area contributed by atoms with E-state index in [2.05, 4.69) is 34.7 Å². The summed E-state index contributed by atoms with van der Waals surface area (Å²) in [6.07, 6.45) is 2.00. The minimum Gasteiger partial charge on any atom is -0.494 e. The summed E-state index contributed by atoms with van der Waals surface area (Å²) in [5, 5.41) is 0. The second-order valence-corrected chi connectivity index (χ2v) is 4.60. The van der Waals surface area contributed by atoms with E-state index in [-0.39, 0.29) is 0 Å². The lowest BCUT2D eigenvalue weighted by Crippen LogP contribution is -1.97. The zero-order valence-electron chi connectivity index (χ0n) is 8.22. The average molecular weight is 325 g/mol. The second-order valence-electron chi connectivity index (χ2n) is 2.98. The normalized spacial score (nSPS) is 10.2. The highest BCUT2D eigenvalue weighted by Crippen LogP contribution is 2.22. The largest absolute Gasteiger partial charge is 0.494 e. The van der Waals surface area contributed by atoms with E-state index < -0.39 is 0 Å². The van der Waals surface area contributed by atoms with Gasteiger partial charge in [-0.2, -0.15) is 0 Å². The van der Waals surface area contributed by atoms with E-state index in [9.17, 15) is 0 Å². The molecule has 0 saturated carbocycles. The van der Waals surface area contributed by atoms with E-state index in [1.807, 2.05) is 13.0 Å². The summed E-state index contributed by atoms with van der Waals surface area (Å²) in [6.45, 7) is 2.72. The lowest BCUT2D eigenvalue weighted by atomic mass is 10.1. The number of hydrogen-bond donors (Lipinski definition) is 0. The number of benzene rings is 1. The Morgan fingerprint density at radius 2 is 2.21 bits per heavy atom. The molecule has 0 radical (unpaired) electrons. The van der Waals surface area contributed by atoms with Crippen LogP contribution < -0.4 is 4.74 Å². The molecule has 0 atom stereocenters.